The minimum absolute atomic E-state index is 0. The number of fused-ring (bicyclic) bond motifs is 1. The van der Waals surface area contributed by atoms with Crippen molar-refractivity contribution in [2.45, 2.75) is 18.9 Å². The van der Waals surface area contributed by atoms with E-state index >= 15 is 0 Å². The topological polar surface area (TPSA) is 122 Å². The minimum atomic E-state index is -0.787. The van der Waals surface area contributed by atoms with Crippen molar-refractivity contribution in [2.24, 2.45) is 5.73 Å². The molecule has 0 spiro atoms. The number of phenols is 1. The van der Waals surface area contributed by atoms with Gasteiger partial charge in [-0.15, -0.1) is 0 Å². The summed E-state index contributed by atoms with van der Waals surface area (Å²) in [5.74, 6) is -0.0712. The van der Waals surface area contributed by atoms with E-state index in [9.17, 15) is 15.0 Å². The normalized spacial score (nSPS) is 11.7. The first kappa shape index (κ1) is 26.6. The van der Waals surface area contributed by atoms with Crippen molar-refractivity contribution in [2.75, 3.05) is 25.0 Å². The molecule has 6 N–H and O–H groups in total. The molecule has 1 heterocycles. The van der Waals surface area contributed by atoms with E-state index in [-0.39, 0.29) is 31.7 Å². The fraction of sp³-hybridized carbons (Fsp3) is 0.222. The number of phenolic OH excluding ortho intramolecular Hbond substituents is 1. The summed E-state index contributed by atoms with van der Waals surface area (Å²) in [6.07, 6.45) is 0.911. The fourth-order valence-electron chi connectivity index (χ4n) is 3.92. The second kappa shape index (κ2) is 12.6. The van der Waals surface area contributed by atoms with Gasteiger partial charge in [-0.05, 0) is 84.4 Å². The van der Waals surface area contributed by atoms with Gasteiger partial charge in [0.15, 0.2) is 0 Å². The van der Waals surface area contributed by atoms with E-state index < -0.39 is 11.7 Å². The third-order valence-electron chi connectivity index (χ3n) is 5.76. The van der Waals surface area contributed by atoms with Crippen LogP contribution in [0.4, 0.5) is 11.4 Å². The number of benzene rings is 3. The number of nitrogens with zero attached hydrogens (tertiary/aromatic N) is 1. The Bertz CT molecular complexity index is 1290. The summed E-state index contributed by atoms with van der Waals surface area (Å²) in [5.41, 5.74) is 10.5. The molecular weight excluding hydrogens is 535 g/mol. The second-order valence-electron chi connectivity index (χ2n) is 8.25. The SMILES string of the molecule is NCCc1ccc(Nc2ccc(CCNC[C@H](O)c3ccc(O)c4[n-]c(=O)ccc34)cc2)cc1.[Pd]. The van der Waals surface area contributed by atoms with Crippen LogP contribution in [-0.4, -0.2) is 29.8 Å². The molecule has 0 bridgehead atoms. The molecule has 186 valence electrons. The third-order valence-corrected chi connectivity index (χ3v) is 5.76. The molecule has 4 aromatic rings. The average Bonchev–Trinajstić information content (AvgIpc) is 2.84. The molecule has 35 heavy (non-hydrogen) atoms. The maximum atomic E-state index is 11.5. The molecule has 7 nitrogen and oxygen atoms in total. The van der Waals surface area contributed by atoms with E-state index in [0.717, 1.165) is 24.2 Å². The molecule has 0 fully saturated rings. The van der Waals surface area contributed by atoms with Crippen LogP contribution in [0.2, 0.25) is 0 Å². The van der Waals surface area contributed by atoms with Crippen LogP contribution in [-0.2, 0) is 33.3 Å². The van der Waals surface area contributed by atoms with E-state index in [0.29, 0.717) is 30.6 Å². The van der Waals surface area contributed by atoms with Gasteiger partial charge in [-0.2, -0.15) is 0 Å². The number of pyridine rings is 1. The molecule has 0 saturated heterocycles. The van der Waals surface area contributed by atoms with Gasteiger partial charge in [0.25, 0.3) is 0 Å². The van der Waals surface area contributed by atoms with E-state index in [1.165, 1.54) is 23.3 Å². The predicted octanol–water partition coefficient (Wildman–Crippen LogP) is 2.97. The van der Waals surface area contributed by atoms with Gasteiger partial charge < -0.3 is 36.4 Å². The first-order chi connectivity index (χ1) is 16.5. The Morgan fingerprint density at radius 1 is 0.857 bits per heavy atom. The second-order valence-corrected chi connectivity index (χ2v) is 8.25. The number of aromatic nitrogens is 1. The molecule has 0 aliphatic rings. The summed E-state index contributed by atoms with van der Waals surface area (Å²) in [6, 6.07) is 22.6. The number of rotatable bonds is 10. The van der Waals surface area contributed by atoms with Crippen LogP contribution in [0.5, 0.6) is 5.75 Å². The molecule has 0 radical (unpaired) electrons. The number of hydrogen-bond acceptors (Lipinski definition) is 6. The number of anilines is 2. The van der Waals surface area contributed by atoms with Crippen molar-refractivity contribution in [3.05, 3.63) is 99.8 Å². The molecule has 0 amide bonds. The number of aromatic hydroxyl groups is 1. The maximum Gasteiger partial charge on any atom is 0.101 e. The Labute approximate surface area is 218 Å². The van der Waals surface area contributed by atoms with Gasteiger partial charge in [0.05, 0.1) is 11.7 Å². The quantitative estimate of drug-likeness (QED) is 0.149. The van der Waals surface area contributed by atoms with Crippen molar-refractivity contribution >= 4 is 22.3 Å². The fourth-order valence-corrected chi connectivity index (χ4v) is 3.92. The van der Waals surface area contributed by atoms with Gasteiger partial charge in [0.2, 0.25) is 0 Å². The molecule has 3 aromatic carbocycles. The number of aliphatic hydroxyl groups is 1. The smallest absolute Gasteiger partial charge is 0.101 e. The van der Waals surface area contributed by atoms with Gasteiger partial charge in [0.1, 0.15) is 5.75 Å². The molecule has 1 aromatic heterocycles. The van der Waals surface area contributed by atoms with Gasteiger partial charge in [-0.25, -0.2) is 0 Å². The van der Waals surface area contributed by atoms with Crippen molar-refractivity contribution in [1.29, 1.82) is 0 Å². The Balaban J connectivity index is 0.00000342. The van der Waals surface area contributed by atoms with E-state index in [2.05, 4.69) is 64.1 Å². The predicted molar refractivity (Wildman–Crippen MR) is 136 cm³/mol. The molecule has 8 heteroatoms. The van der Waals surface area contributed by atoms with Crippen LogP contribution in [0.3, 0.4) is 0 Å². The summed E-state index contributed by atoms with van der Waals surface area (Å²) in [4.78, 5) is 15.4. The van der Waals surface area contributed by atoms with Crippen LogP contribution in [0.15, 0.2) is 77.6 Å². The third kappa shape index (κ3) is 7.01. The maximum absolute atomic E-state index is 11.5. The minimum Gasteiger partial charge on any atom is -0.620 e. The Hall–Kier alpha value is -2.99. The van der Waals surface area contributed by atoms with Crippen molar-refractivity contribution in [1.82, 2.24) is 10.3 Å². The van der Waals surface area contributed by atoms with Gasteiger partial charge >= 0.3 is 0 Å². The van der Waals surface area contributed by atoms with Crippen molar-refractivity contribution < 1.29 is 30.6 Å². The van der Waals surface area contributed by atoms with Crippen molar-refractivity contribution in [3.8, 4) is 5.75 Å². The van der Waals surface area contributed by atoms with E-state index in [1.807, 2.05) is 0 Å². The zero-order valence-corrected chi connectivity index (χ0v) is 20.7. The monoisotopic (exact) mass is 563 g/mol. The van der Waals surface area contributed by atoms with Gasteiger partial charge in [-0.1, -0.05) is 41.9 Å². The van der Waals surface area contributed by atoms with Crippen LogP contribution >= 0.6 is 0 Å². The molecule has 0 aliphatic heterocycles. The molecule has 0 unspecified atom stereocenters. The summed E-state index contributed by atoms with van der Waals surface area (Å²) < 4.78 is 0. The Kier molecular flexibility index (Phi) is 9.61. The van der Waals surface area contributed by atoms with E-state index in [1.54, 1.807) is 12.1 Å². The summed E-state index contributed by atoms with van der Waals surface area (Å²) in [5, 5.41) is 27.9. The molecule has 0 saturated carbocycles. The number of aliphatic hydroxyl groups excluding tert-OH is 1. The van der Waals surface area contributed by atoms with Crippen LogP contribution in [0.25, 0.3) is 10.9 Å². The molecule has 1 atom stereocenters. The van der Waals surface area contributed by atoms with Crippen LogP contribution in [0, 0.1) is 0 Å². The van der Waals surface area contributed by atoms with Crippen LogP contribution < -0.4 is 26.9 Å². The zero-order chi connectivity index (χ0) is 23.9. The van der Waals surface area contributed by atoms with Crippen molar-refractivity contribution in [3.63, 3.8) is 0 Å². The zero-order valence-electron chi connectivity index (χ0n) is 19.2. The number of hydrogen-bond donors (Lipinski definition) is 5. The molecule has 0 aliphatic carbocycles. The average molecular weight is 564 g/mol. The summed E-state index contributed by atoms with van der Waals surface area (Å²) in [6.45, 7) is 1.70. The Morgan fingerprint density at radius 2 is 1.49 bits per heavy atom. The first-order valence-electron chi connectivity index (χ1n) is 11.4. The van der Waals surface area contributed by atoms with Crippen LogP contribution in [0.1, 0.15) is 22.8 Å². The number of nitrogens with two attached hydrogens (primary N) is 1. The Morgan fingerprint density at radius 3 is 2.11 bits per heavy atom. The van der Waals surface area contributed by atoms with Gasteiger partial charge in [0, 0.05) is 38.3 Å². The summed E-state index contributed by atoms with van der Waals surface area (Å²) in [7, 11) is 0. The molecule has 4 rings (SSSR count). The largest absolute Gasteiger partial charge is 0.620 e. The summed E-state index contributed by atoms with van der Waals surface area (Å²) >= 11 is 0. The number of nitrogens with one attached hydrogen (secondary N) is 2. The van der Waals surface area contributed by atoms with E-state index in [4.69, 9.17) is 5.73 Å². The molecular formula is C27H29N4O3Pd-. The standard InChI is InChI=1S/C27H30N4O3.Pd/c28-15-13-18-1-5-20(6-2-18)30-21-7-3-19(4-8-21)14-16-29-17-25(33)22-9-11-24(32)27-23(22)10-12-26(34)31-27;/h1-12,25,29-30,33H,13-17,28H2,(H2,31,32,34);/p-1/t25-;/m0./s1. The first-order valence-corrected chi connectivity index (χ1v) is 11.4. The van der Waals surface area contributed by atoms with Gasteiger partial charge in [-0.3, -0.25) is 0 Å².